The van der Waals surface area contributed by atoms with Gasteiger partial charge in [0.1, 0.15) is 0 Å². The maximum absolute atomic E-state index is 12.8. The molecule has 1 amide bonds. The Labute approximate surface area is 136 Å². The lowest BCUT2D eigenvalue weighted by Crippen LogP contribution is -2.48. The van der Waals surface area contributed by atoms with Crippen molar-refractivity contribution < 1.29 is 18.0 Å². The number of carbonyl (C=O) groups excluding carboxylic acids is 1. The van der Waals surface area contributed by atoms with Crippen LogP contribution in [-0.4, -0.2) is 28.8 Å². The van der Waals surface area contributed by atoms with Crippen molar-refractivity contribution in [3.8, 4) is 5.69 Å². The van der Waals surface area contributed by atoms with Crippen LogP contribution in [0.1, 0.15) is 12.5 Å². The van der Waals surface area contributed by atoms with Gasteiger partial charge in [-0.2, -0.15) is 18.3 Å². The van der Waals surface area contributed by atoms with E-state index in [4.69, 9.17) is 0 Å². The predicted octanol–water partition coefficient (Wildman–Crippen LogP) is 2.69. The number of carbonyl (C=O) groups is 1. The Hall–Kier alpha value is -2.35. The number of anilines is 1. The lowest BCUT2D eigenvalue weighted by atomic mass is 9.88. The van der Waals surface area contributed by atoms with E-state index in [-0.39, 0.29) is 17.5 Å². The highest BCUT2D eigenvalue weighted by Crippen LogP contribution is 2.30. The molecule has 5 nitrogen and oxygen atoms in total. The van der Waals surface area contributed by atoms with E-state index in [1.54, 1.807) is 0 Å². The van der Waals surface area contributed by atoms with Crippen molar-refractivity contribution in [2.24, 2.45) is 11.8 Å². The molecule has 8 heteroatoms. The van der Waals surface area contributed by atoms with Crippen molar-refractivity contribution in [1.82, 2.24) is 15.1 Å². The number of hydrogen-bond donors (Lipinski definition) is 2. The topological polar surface area (TPSA) is 59.0 Å². The largest absolute Gasteiger partial charge is 0.416 e. The SMILES string of the molecule is CC(C(=O)Nc1cnn(-c2cccc(C(F)(F)F)c2)c1)C1CNC1. The fourth-order valence-corrected chi connectivity index (χ4v) is 2.49. The molecule has 0 saturated carbocycles. The number of benzene rings is 1. The maximum Gasteiger partial charge on any atom is 0.416 e. The van der Waals surface area contributed by atoms with E-state index in [9.17, 15) is 18.0 Å². The van der Waals surface area contributed by atoms with Crippen LogP contribution in [-0.2, 0) is 11.0 Å². The van der Waals surface area contributed by atoms with Crippen molar-refractivity contribution in [1.29, 1.82) is 0 Å². The second-order valence-electron chi connectivity index (χ2n) is 5.92. The first kappa shape index (κ1) is 16.5. The zero-order valence-electron chi connectivity index (χ0n) is 13.0. The van der Waals surface area contributed by atoms with Gasteiger partial charge in [0.25, 0.3) is 0 Å². The summed E-state index contributed by atoms with van der Waals surface area (Å²) < 4.78 is 39.6. The predicted molar refractivity (Wildman–Crippen MR) is 82.7 cm³/mol. The third-order valence-electron chi connectivity index (χ3n) is 4.22. The molecule has 2 aromatic rings. The molecule has 3 rings (SSSR count). The third kappa shape index (κ3) is 3.43. The Balaban J connectivity index is 1.72. The summed E-state index contributed by atoms with van der Waals surface area (Å²) >= 11 is 0. The first-order chi connectivity index (χ1) is 11.3. The van der Waals surface area contributed by atoms with Crippen LogP contribution in [0.2, 0.25) is 0 Å². The molecule has 1 unspecified atom stereocenters. The number of alkyl halides is 3. The quantitative estimate of drug-likeness (QED) is 0.901. The van der Waals surface area contributed by atoms with Gasteiger partial charge in [-0.05, 0) is 37.2 Å². The van der Waals surface area contributed by atoms with Crippen molar-refractivity contribution >= 4 is 11.6 Å². The van der Waals surface area contributed by atoms with Gasteiger partial charge in [-0.15, -0.1) is 0 Å². The number of amides is 1. The molecule has 0 aliphatic carbocycles. The summed E-state index contributed by atoms with van der Waals surface area (Å²) in [5.74, 6) is 0.0526. The summed E-state index contributed by atoms with van der Waals surface area (Å²) in [6, 6.07) is 4.87. The number of nitrogens with zero attached hydrogens (tertiary/aromatic N) is 2. The number of aromatic nitrogens is 2. The van der Waals surface area contributed by atoms with Gasteiger partial charge in [0.2, 0.25) is 5.91 Å². The van der Waals surface area contributed by atoms with Crippen molar-refractivity contribution in [3.05, 3.63) is 42.2 Å². The monoisotopic (exact) mass is 338 g/mol. The highest BCUT2D eigenvalue weighted by atomic mass is 19.4. The molecule has 1 fully saturated rings. The van der Waals surface area contributed by atoms with E-state index in [1.165, 1.54) is 29.2 Å². The van der Waals surface area contributed by atoms with Crippen LogP contribution in [0.5, 0.6) is 0 Å². The standard InChI is InChI=1S/C16H17F3N4O/c1-10(11-6-20-7-11)15(24)22-13-8-21-23(9-13)14-4-2-3-12(5-14)16(17,18)19/h2-5,8-11,20H,6-7H2,1H3,(H,22,24). The van der Waals surface area contributed by atoms with E-state index in [0.29, 0.717) is 11.6 Å². The molecule has 24 heavy (non-hydrogen) atoms. The first-order valence-corrected chi connectivity index (χ1v) is 7.58. The van der Waals surface area contributed by atoms with Crippen LogP contribution in [0.3, 0.4) is 0 Å². The summed E-state index contributed by atoms with van der Waals surface area (Å²) in [7, 11) is 0. The Morgan fingerprint density at radius 2 is 2.17 bits per heavy atom. The smallest absolute Gasteiger partial charge is 0.323 e. The molecule has 0 radical (unpaired) electrons. The summed E-state index contributed by atoms with van der Waals surface area (Å²) in [5, 5.41) is 9.89. The molecule has 1 aromatic heterocycles. The zero-order valence-corrected chi connectivity index (χ0v) is 13.0. The molecule has 1 aromatic carbocycles. The average Bonchev–Trinajstić information content (AvgIpc) is 2.93. The molecule has 1 atom stereocenters. The van der Waals surface area contributed by atoms with E-state index in [0.717, 1.165) is 25.2 Å². The molecule has 1 saturated heterocycles. The van der Waals surface area contributed by atoms with Gasteiger partial charge in [-0.1, -0.05) is 13.0 Å². The zero-order chi connectivity index (χ0) is 17.3. The van der Waals surface area contributed by atoms with Crippen LogP contribution in [0.4, 0.5) is 18.9 Å². The van der Waals surface area contributed by atoms with Crippen molar-refractivity contribution in [2.45, 2.75) is 13.1 Å². The van der Waals surface area contributed by atoms with Crippen molar-refractivity contribution in [3.63, 3.8) is 0 Å². The van der Waals surface area contributed by atoms with Crippen LogP contribution < -0.4 is 10.6 Å². The number of nitrogens with one attached hydrogen (secondary N) is 2. The highest BCUT2D eigenvalue weighted by Gasteiger charge is 2.31. The van der Waals surface area contributed by atoms with Crippen LogP contribution in [0, 0.1) is 11.8 Å². The Kier molecular flexibility index (Phi) is 4.31. The van der Waals surface area contributed by atoms with E-state index < -0.39 is 11.7 Å². The molecule has 0 spiro atoms. The van der Waals surface area contributed by atoms with Gasteiger partial charge < -0.3 is 10.6 Å². The average molecular weight is 338 g/mol. The Morgan fingerprint density at radius 3 is 2.79 bits per heavy atom. The van der Waals surface area contributed by atoms with E-state index in [1.807, 2.05) is 6.92 Å². The molecule has 2 N–H and O–H groups in total. The third-order valence-corrected chi connectivity index (χ3v) is 4.22. The van der Waals surface area contributed by atoms with Crippen molar-refractivity contribution in [2.75, 3.05) is 18.4 Å². The highest BCUT2D eigenvalue weighted by molar-refractivity contribution is 5.92. The van der Waals surface area contributed by atoms with Gasteiger partial charge in [-0.25, -0.2) is 4.68 Å². The van der Waals surface area contributed by atoms with Gasteiger partial charge in [0, 0.05) is 5.92 Å². The molecular weight excluding hydrogens is 321 g/mol. The first-order valence-electron chi connectivity index (χ1n) is 7.58. The minimum Gasteiger partial charge on any atom is -0.323 e. The molecule has 1 aliphatic heterocycles. The summed E-state index contributed by atoms with van der Waals surface area (Å²) in [5.41, 5.74) is -0.00898. The number of halogens is 3. The lowest BCUT2D eigenvalue weighted by Gasteiger charge is -2.31. The van der Waals surface area contributed by atoms with E-state index in [2.05, 4.69) is 15.7 Å². The Morgan fingerprint density at radius 1 is 1.42 bits per heavy atom. The number of hydrogen-bond acceptors (Lipinski definition) is 3. The van der Waals surface area contributed by atoms with Gasteiger partial charge in [-0.3, -0.25) is 4.79 Å². The summed E-state index contributed by atoms with van der Waals surface area (Å²) in [4.78, 5) is 12.2. The number of rotatable bonds is 4. The second kappa shape index (κ2) is 6.27. The molecular formula is C16H17F3N4O. The lowest BCUT2D eigenvalue weighted by molar-refractivity contribution is -0.137. The minimum absolute atomic E-state index is 0.120. The Bertz CT molecular complexity index is 737. The van der Waals surface area contributed by atoms with Crippen LogP contribution in [0.25, 0.3) is 5.69 Å². The van der Waals surface area contributed by atoms with Crippen LogP contribution in [0.15, 0.2) is 36.7 Å². The van der Waals surface area contributed by atoms with Gasteiger partial charge in [0.15, 0.2) is 0 Å². The van der Waals surface area contributed by atoms with Crippen LogP contribution >= 0.6 is 0 Å². The summed E-state index contributed by atoms with van der Waals surface area (Å²) in [6.07, 6.45) is -1.49. The van der Waals surface area contributed by atoms with Gasteiger partial charge >= 0.3 is 6.18 Å². The normalized spacial score (nSPS) is 16.5. The van der Waals surface area contributed by atoms with Gasteiger partial charge in [0.05, 0.1) is 29.3 Å². The maximum atomic E-state index is 12.8. The second-order valence-corrected chi connectivity index (χ2v) is 5.92. The molecule has 0 bridgehead atoms. The molecule has 1 aliphatic rings. The fraction of sp³-hybridized carbons (Fsp3) is 0.375. The minimum atomic E-state index is -4.41. The van der Waals surface area contributed by atoms with E-state index >= 15 is 0 Å². The molecule has 128 valence electrons. The fourth-order valence-electron chi connectivity index (χ4n) is 2.49. The molecule has 2 heterocycles. The summed E-state index contributed by atoms with van der Waals surface area (Å²) in [6.45, 7) is 3.49.